The topological polar surface area (TPSA) is 0 Å². The summed E-state index contributed by atoms with van der Waals surface area (Å²) in [5, 5.41) is 5.34. The second-order valence-corrected chi connectivity index (χ2v) is 8.96. The first-order valence-electron chi connectivity index (χ1n) is 9.61. The number of fused-ring (bicyclic) bond motifs is 7. The molecule has 0 aliphatic heterocycles. The van der Waals surface area contributed by atoms with Crippen LogP contribution < -0.4 is 0 Å². The molecule has 0 saturated heterocycles. The Morgan fingerprint density at radius 2 is 1.41 bits per heavy atom. The lowest BCUT2D eigenvalue weighted by Crippen LogP contribution is -2.01. The number of hydrogen-bond acceptors (Lipinski definition) is 0. The van der Waals surface area contributed by atoms with Crippen molar-refractivity contribution in [2.75, 3.05) is 0 Å². The summed E-state index contributed by atoms with van der Waals surface area (Å²) in [6.07, 6.45) is 2.14. The molecule has 27 heavy (non-hydrogen) atoms. The monoisotopic (exact) mass is 478 g/mol. The minimum Gasteiger partial charge on any atom is -0.0645 e. The molecule has 4 aromatic rings. The Hall–Kier alpha value is -1.64. The highest BCUT2D eigenvalue weighted by molar-refractivity contribution is 9.11. The molecule has 0 radical (unpaired) electrons. The van der Waals surface area contributed by atoms with Crippen molar-refractivity contribution < 1.29 is 0 Å². The molecule has 0 aromatic heterocycles. The predicted molar refractivity (Wildman–Crippen MR) is 124 cm³/mol. The quantitative estimate of drug-likeness (QED) is 0.270. The lowest BCUT2D eigenvalue weighted by molar-refractivity contribution is 0.782. The van der Waals surface area contributed by atoms with E-state index >= 15 is 0 Å². The molecule has 0 fully saturated rings. The second-order valence-electron chi connectivity index (χ2n) is 7.31. The van der Waals surface area contributed by atoms with Crippen molar-refractivity contribution in [2.24, 2.45) is 0 Å². The molecule has 5 rings (SSSR count). The van der Waals surface area contributed by atoms with Gasteiger partial charge in [-0.15, -0.1) is 0 Å². The minimum atomic E-state index is 0.435. The Labute approximate surface area is 176 Å². The van der Waals surface area contributed by atoms with Crippen LogP contribution in [0, 0.1) is 0 Å². The number of halogens is 2. The van der Waals surface area contributed by atoms with Crippen LogP contribution in [0.5, 0.6) is 0 Å². The lowest BCUT2D eigenvalue weighted by Gasteiger charge is -2.19. The Balaban J connectivity index is 2.08. The molecule has 134 valence electrons. The van der Waals surface area contributed by atoms with Crippen LogP contribution in [0.4, 0.5) is 0 Å². The van der Waals surface area contributed by atoms with Gasteiger partial charge in [-0.05, 0) is 84.2 Å². The molecule has 0 heterocycles. The largest absolute Gasteiger partial charge is 0.0645 e. The zero-order chi connectivity index (χ0) is 18.7. The molecule has 0 spiro atoms. The average molecular weight is 480 g/mol. The first-order valence-corrected chi connectivity index (χ1v) is 11.2. The molecule has 0 amide bonds. The summed E-state index contributed by atoms with van der Waals surface area (Å²) in [4.78, 5) is 0. The molecule has 4 aromatic carbocycles. The summed E-state index contributed by atoms with van der Waals surface area (Å²) in [5.74, 6) is 0.435. The molecule has 1 atom stereocenters. The van der Waals surface area contributed by atoms with Crippen LogP contribution in [0.25, 0.3) is 32.7 Å². The zero-order valence-electron chi connectivity index (χ0n) is 15.4. The van der Waals surface area contributed by atoms with Crippen molar-refractivity contribution in [1.29, 1.82) is 0 Å². The van der Waals surface area contributed by atoms with Gasteiger partial charge in [0.2, 0.25) is 0 Å². The molecule has 2 heteroatoms. The third-order valence-electron chi connectivity index (χ3n) is 6.04. The van der Waals surface area contributed by atoms with Gasteiger partial charge in [-0.3, -0.25) is 0 Å². The summed E-state index contributed by atoms with van der Waals surface area (Å²) in [6, 6.07) is 19.9. The smallest absolute Gasteiger partial charge is 0.0289 e. The number of benzene rings is 4. The third-order valence-corrected chi connectivity index (χ3v) is 7.60. The van der Waals surface area contributed by atoms with Gasteiger partial charge in [0.05, 0.1) is 0 Å². The van der Waals surface area contributed by atoms with E-state index in [1.165, 1.54) is 58.3 Å². The highest BCUT2D eigenvalue weighted by atomic mass is 79.9. The normalized spacial score (nSPS) is 15.3. The maximum Gasteiger partial charge on any atom is 0.0289 e. The molecular weight excluding hydrogens is 460 g/mol. The van der Waals surface area contributed by atoms with E-state index < -0.39 is 0 Å². The fraction of sp³-hybridized carbons (Fsp3) is 0.200. The van der Waals surface area contributed by atoms with E-state index in [4.69, 9.17) is 0 Å². The van der Waals surface area contributed by atoms with Gasteiger partial charge in [-0.25, -0.2) is 0 Å². The van der Waals surface area contributed by atoms with Gasteiger partial charge < -0.3 is 0 Å². The van der Waals surface area contributed by atoms with Crippen molar-refractivity contribution in [3.63, 3.8) is 0 Å². The van der Waals surface area contributed by atoms with E-state index in [0.29, 0.717) is 5.92 Å². The number of rotatable bonds is 2. The van der Waals surface area contributed by atoms with Crippen LogP contribution in [-0.4, -0.2) is 0 Å². The van der Waals surface area contributed by atoms with Crippen LogP contribution in [0.3, 0.4) is 0 Å². The van der Waals surface area contributed by atoms with Crippen LogP contribution in [0.2, 0.25) is 0 Å². The summed E-state index contributed by atoms with van der Waals surface area (Å²) in [7, 11) is 0. The van der Waals surface area contributed by atoms with E-state index in [1.807, 2.05) is 0 Å². The van der Waals surface area contributed by atoms with E-state index in [0.717, 1.165) is 12.8 Å². The van der Waals surface area contributed by atoms with E-state index in [2.05, 4.69) is 100 Å². The predicted octanol–water partition coefficient (Wildman–Crippen LogP) is 8.60. The van der Waals surface area contributed by atoms with E-state index in [-0.39, 0.29) is 0 Å². The van der Waals surface area contributed by atoms with Gasteiger partial charge >= 0.3 is 0 Å². The summed E-state index contributed by atoms with van der Waals surface area (Å²) in [5.41, 5.74) is 7.33. The van der Waals surface area contributed by atoms with E-state index in [9.17, 15) is 0 Å². The van der Waals surface area contributed by atoms with Gasteiger partial charge in [-0.1, -0.05) is 78.3 Å². The minimum absolute atomic E-state index is 0.435. The lowest BCUT2D eigenvalue weighted by atomic mass is 9.87. The Bertz CT molecular complexity index is 1220. The third kappa shape index (κ3) is 2.33. The van der Waals surface area contributed by atoms with Gasteiger partial charge in [0.15, 0.2) is 0 Å². The molecule has 0 N–H and O–H groups in total. The number of hydrogen-bond donors (Lipinski definition) is 0. The average Bonchev–Trinajstić information content (AvgIpc) is 3.04. The molecule has 1 unspecified atom stereocenters. The molecule has 1 aliphatic rings. The SMILES string of the molecule is CCc1c2c(c3ccccc3c1Br)-c1c(c(Br)cc3ccccc13)C2CC. The molecule has 0 nitrogen and oxygen atoms in total. The highest BCUT2D eigenvalue weighted by Gasteiger charge is 2.35. The van der Waals surface area contributed by atoms with Crippen molar-refractivity contribution in [1.82, 2.24) is 0 Å². The Morgan fingerprint density at radius 1 is 0.778 bits per heavy atom. The van der Waals surface area contributed by atoms with Crippen LogP contribution in [0.15, 0.2) is 63.5 Å². The summed E-state index contributed by atoms with van der Waals surface area (Å²) in [6.45, 7) is 4.59. The van der Waals surface area contributed by atoms with Crippen LogP contribution in [0.1, 0.15) is 42.9 Å². The first kappa shape index (κ1) is 17.5. The molecule has 0 saturated carbocycles. The Kier molecular flexibility index (Phi) is 4.18. The van der Waals surface area contributed by atoms with Gasteiger partial charge in [-0.2, -0.15) is 0 Å². The second kappa shape index (κ2) is 6.46. The fourth-order valence-electron chi connectivity index (χ4n) is 4.96. The van der Waals surface area contributed by atoms with Crippen LogP contribution in [-0.2, 0) is 6.42 Å². The van der Waals surface area contributed by atoms with Crippen LogP contribution >= 0.6 is 31.9 Å². The zero-order valence-corrected chi connectivity index (χ0v) is 18.6. The molecule has 0 bridgehead atoms. The van der Waals surface area contributed by atoms with Crippen molar-refractivity contribution in [3.05, 3.63) is 80.2 Å². The molecule has 1 aliphatic carbocycles. The summed E-state index contributed by atoms with van der Waals surface area (Å²) < 4.78 is 2.51. The maximum absolute atomic E-state index is 3.95. The first-order chi connectivity index (χ1) is 13.2. The van der Waals surface area contributed by atoms with Crippen molar-refractivity contribution in [3.8, 4) is 11.1 Å². The fourth-order valence-corrected chi connectivity index (χ4v) is 6.52. The van der Waals surface area contributed by atoms with Gasteiger partial charge in [0.1, 0.15) is 0 Å². The standard InChI is InChI=1S/C25H20Br2/c1-3-15-21-16(4-2)25(27)19-12-8-7-11-18(19)24(21)23-17-10-6-5-9-14(17)13-20(26)22(15)23/h5-13,15H,3-4H2,1-2H3. The maximum atomic E-state index is 3.95. The van der Waals surface area contributed by atoms with Gasteiger partial charge in [0, 0.05) is 14.9 Å². The molecular formula is C25H20Br2. The van der Waals surface area contributed by atoms with Crippen molar-refractivity contribution in [2.45, 2.75) is 32.6 Å². The Morgan fingerprint density at radius 3 is 2.11 bits per heavy atom. The van der Waals surface area contributed by atoms with Crippen molar-refractivity contribution >= 4 is 53.4 Å². The summed E-state index contributed by atoms with van der Waals surface area (Å²) >= 11 is 7.88. The van der Waals surface area contributed by atoms with E-state index in [1.54, 1.807) is 0 Å². The highest BCUT2D eigenvalue weighted by Crippen LogP contribution is 2.56. The van der Waals surface area contributed by atoms with Gasteiger partial charge in [0.25, 0.3) is 0 Å².